The minimum atomic E-state index is 0.784. The van der Waals surface area contributed by atoms with E-state index in [1.807, 2.05) is 0 Å². The van der Waals surface area contributed by atoms with Gasteiger partial charge in [-0.15, -0.1) is 23.5 Å². The van der Waals surface area contributed by atoms with E-state index in [9.17, 15) is 0 Å². The predicted molar refractivity (Wildman–Crippen MR) is 88.4 cm³/mol. The summed E-state index contributed by atoms with van der Waals surface area (Å²) in [5.41, 5.74) is 0. The minimum Gasteiger partial charge on any atom is -0.380 e. The summed E-state index contributed by atoms with van der Waals surface area (Å²) in [7, 11) is 0. The molecule has 0 aromatic rings. The molecule has 0 saturated heterocycles. The second-order valence-electron chi connectivity index (χ2n) is 3.14. The zero-order valence-corrected chi connectivity index (χ0v) is 13.5. The lowest BCUT2D eigenvalue weighted by Crippen LogP contribution is -2.01. The quantitative estimate of drug-likeness (QED) is 0.632. The van der Waals surface area contributed by atoms with E-state index in [0.29, 0.717) is 0 Å². The van der Waals surface area contributed by atoms with Gasteiger partial charge in [0.15, 0.2) is 0 Å². The third-order valence-electron chi connectivity index (χ3n) is 1.78. The molecule has 0 bridgehead atoms. The molecule has 0 aromatic heterocycles. The Morgan fingerprint density at radius 2 is 1.11 bits per heavy atom. The summed E-state index contributed by atoms with van der Waals surface area (Å²) >= 11 is 6.83. The van der Waals surface area contributed by atoms with Crippen LogP contribution in [-0.4, -0.2) is 49.4 Å². The lowest BCUT2D eigenvalue weighted by molar-refractivity contribution is 0.167. The molecule has 6 heteroatoms. The first-order chi connectivity index (χ1) is 9.00. The second-order valence-corrected chi connectivity index (χ2v) is 6.97. The van der Waals surface area contributed by atoms with Crippen LogP contribution >= 0.6 is 47.0 Å². The lowest BCUT2D eigenvalue weighted by Gasteiger charge is -2.01. The molecule has 0 aromatic carbocycles. The maximum absolute atomic E-state index is 5.50. The summed E-state index contributed by atoms with van der Waals surface area (Å²) in [6.07, 6.45) is 0. The Hall–Kier alpha value is 0.620. The molecule has 0 radical (unpaired) electrons. The molecule has 2 nitrogen and oxygen atoms in total. The van der Waals surface area contributed by atoms with Gasteiger partial charge < -0.3 is 9.47 Å². The van der Waals surface area contributed by atoms with Gasteiger partial charge in [0.2, 0.25) is 0 Å². The monoisotopic (exact) mass is 322 g/mol. The van der Waals surface area contributed by atoms with Crippen LogP contribution in [0.2, 0.25) is 0 Å². The predicted octanol–water partition coefficient (Wildman–Crippen LogP) is 3.36. The molecular formula is C12H18O2S4. The average molecular weight is 323 g/mol. The van der Waals surface area contributed by atoms with Gasteiger partial charge in [-0.1, -0.05) is 23.5 Å². The van der Waals surface area contributed by atoms with Gasteiger partial charge in [0.05, 0.1) is 26.4 Å². The van der Waals surface area contributed by atoms with Crippen molar-refractivity contribution in [3.8, 4) is 10.5 Å². The molecule has 18 heavy (non-hydrogen) atoms. The Balaban J connectivity index is 2.14. The molecule has 0 unspecified atom stereocenters. The SMILES string of the molecule is C1#CSCCOCCS/C=C/SCCOCCS1. The van der Waals surface area contributed by atoms with Crippen molar-refractivity contribution in [3.63, 3.8) is 0 Å². The maximum atomic E-state index is 5.50. The van der Waals surface area contributed by atoms with E-state index in [0.717, 1.165) is 49.4 Å². The topological polar surface area (TPSA) is 18.5 Å². The van der Waals surface area contributed by atoms with Crippen LogP contribution in [0, 0.1) is 10.5 Å². The number of ether oxygens (including phenoxy) is 2. The number of hydrogen-bond donors (Lipinski definition) is 0. The Morgan fingerprint density at radius 1 is 0.667 bits per heavy atom. The fourth-order valence-electron chi connectivity index (χ4n) is 0.995. The second kappa shape index (κ2) is 14.0. The smallest absolute Gasteiger partial charge is 0.0566 e. The van der Waals surface area contributed by atoms with Gasteiger partial charge in [0.1, 0.15) is 0 Å². The van der Waals surface area contributed by atoms with E-state index < -0.39 is 0 Å². The van der Waals surface area contributed by atoms with E-state index >= 15 is 0 Å². The molecule has 1 rings (SSSR count). The standard InChI is InChI=1S/C12H18O2S4/c1-5-15-9-10-17-7-3-14-4-8-18-12-11-16-6-2-13-1/h9-10H,1-8H2/b10-9+. The average Bonchev–Trinajstić information content (AvgIpc) is 2.39. The maximum Gasteiger partial charge on any atom is 0.0566 e. The van der Waals surface area contributed by atoms with Gasteiger partial charge >= 0.3 is 0 Å². The summed E-state index contributed by atoms with van der Waals surface area (Å²) in [4.78, 5) is 0. The van der Waals surface area contributed by atoms with Crippen molar-refractivity contribution in [3.05, 3.63) is 10.8 Å². The van der Waals surface area contributed by atoms with Crippen LogP contribution in [0.15, 0.2) is 10.8 Å². The molecule has 0 saturated carbocycles. The first kappa shape index (κ1) is 16.7. The Morgan fingerprint density at radius 3 is 1.61 bits per heavy atom. The van der Waals surface area contributed by atoms with Crippen molar-refractivity contribution in [1.29, 1.82) is 0 Å². The summed E-state index contributed by atoms with van der Waals surface area (Å²) in [5.74, 6) is 3.92. The Bertz CT molecular complexity index is 249. The van der Waals surface area contributed by atoms with Crippen molar-refractivity contribution in [1.82, 2.24) is 0 Å². The molecule has 0 fully saturated rings. The highest BCUT2D eigenvalue weighted by molar-refractivity contribution is 8.07. The first-order valence-electron chi connectivity index (χ1n) is 5.77. The Labute approximate surface area is 127 Å². The van der Waals surface area contributed by atoms with Crippen LogP contribution in [0.1, 0.15) is 0 Å². The van der Waals surface area contributed by atoms with Crippen LogP contribution in [0.4, 0.5) is 0 Å². The molecule has 0 amide bonds. The van der Waals surface area contributed by atoms with E-state index in [2.05, 4.69) is 21.3 Å². The summed E-state index contributed by atoms with van der Waals surface area (Å²) in [6, 6.07) is 0. The fraction of sp³-hybridized carbons (Fsp3) is 0.667. The molecule has 0 aliphatic carbocycles. The van der Waals surface area contributed by atoms with Crippen molar-refractivity contribution >= 4 is 47.0 Å². The van der Waals surface area contributed by atoms with Crippen LogP contribution in [0.25, 0.3) is 0 Å². The van der Waals surface area contributed by atoms with E-state index in [1.165, 1.54) is 0 Å². The molecule has 102 valence electrons. The highest BCUT2D eigenvalue weighted by Crippen LogP contribution is 2.09. The van der Waals surface area contributed by atoms with Gasteiger partial charge in [-0.25, -0.2) is 0 Å². The van der Waals surface area contributed by atoms with Crippen molar-refractivity contribution < 1.29 is 9.47 Å². The van der Waals surface area contributed by atoms with Crippen molar-refractivity contribution in [2.24, 2.45) is 0 Å². The van der Waals surface area contributed by atoms with E-state index in [1.54, 1.807) is 47.0 Å². The molecule has 1 aliphatic heterocycles. The highest BCUT2D eigenvalue weighted by atomic mass is 32.2. The molecule has 1 heterocycles. The van der Waals surface area contributed by atoms with Gasteiger partial charge in [0.25, 0.3) is 0 Å². The van der Waals surface area contributed by atoms with Crippen LogP contribution in [0.3, 0.4) is 0 Å². The molecule has 0 atom stereocenters. The molecule has 1 aliphatic rings. The highest BCUT2D eigenvalue weighted by Gasteiger charge is 1.91. The minimum absolute atomic E-state index is 0.784. The van der Waals surface area contributed by atoms with Crippen LogP contribution < -0.4 is 0 Å². The number of hydrogen-bond acceptors (Lipinski definition) is 6. The fourth-order valence-corrected chi connectivity index (χ4v) is 3.40. The van der Waals surface area contributed by atoms with E-state index in [-0.39, 0.29) is 0 Å². The first-order valence-corrected chi connectivity index (χ1v) is 9.84. The normalized spacial score (nSPS) is 23.1. The van der Waals surface area contributed by atoms with Gasteiger partial charge in [-0.05, 0) is 21.3 Å². The zero-order valence-electron chi connectivity index (χ0n) is 10.3. The largest absolute Gasteiger partial charge is 0.380 e. The number of rotatable bonds is 0. The van der Waals surface area contributed by atoms with Gasteiger partial charge in [-0.2, -0.15) is 0 Å². The summed E-state index contributed by atoms with van der Waals surface area (Å²) < 4.78 is 11.0. The lowest BCUT2D eigenvalue weighted by atomic mass is 10.8. The van der Waals surface area contributed by atoms with Crippen molar-refractivity contribution in [2.45, 2.75) is 0 Å². The van der Waals surface area contributed by atoms with Crippen molar-refractivity contribution in [2.75, 3.05) is 49.4 Å². The third kappa shape index (κ3) is 11.7. The third-order valence-corrected chi connectivity index (χ3v) is 4.78. The van der Waals surface area contributed by atoms with Gasteiger partial charge in [0, 0.05) is 23.0 Å². The molecular weight excluding hydrogens is 304 g/mol. The molecule has 0 N–H and O–H groups in total. The van der Waals surface area contributed by atoms with E-state index in [4.69, 9.17) is 9.47 Å². The summed E-state index contributed by atoms with van der Waals surface area (Å²) in [6.45, 7) is 3.19. The van der Waals surface area contributed by atoms with Crippen LogP contribution in [-0.2, 0) is 9.47 Å². The zero-order chi connectivity index (χ0) is 12.7. The van der Waals surface area contributed by atoms with Crippen LogP contribution in [0.5, 0.6) is 0 Å². The number of thioether (sulfide) groups is 4. The Kier molecular flexibility index (Phi) is 13.0. The summed E-state index contributed by atoms with van der Waals surface area (Å²) in [5, 5.41) is 10.4. The molecule has 0 spiro atoms. The van der Waals surface area contributed by atoms with Gasteiger partial charge in [-0.3, -0.25) is 0 Å².